The number of nitrogens with zero attached hydrogens (tertiary/aromatic N) is 4. The van der Waals surface area contributed by atoms with Gasteiger partial charge in [-0.3, -0.25) is 34.4 Å². The summed E-state index contributed by atoms with van der Waals surface area (Å²) in [5.74, 6) is 3.85. The Labute approximate surface area is 135 Å². The largest absolute Gasteiger partial charge is 0.345 e. The zero-order valence-corrected chi connectivity index (χ0v) is 12.4. The van der Waals surface area contributed by atoms with Gasteiger partial charge in [-0.25, -0.2) is 5.90 Å². The molecule has 0 saturated carbocycles. The van der Waals surface area contributed by atoms with Crippen molar-refractivity contribution in [2.45, 2.75) is 0 Å². The first-order valence-electron chi connectivity index (χ1n) is 6.91. The average molecular weight is 327 g/mol. The summed E-state index contributed by atoms with van der Waals surface area (Å²) in [6.45, 7) is -0.560. The van der Waals surface area contributed by atoms with E-state index in [0.717, 1.165) is 0 Å². The molecule has 3 rings (SSSR count). The Morgan fingerprint density at radius 1 is 0.958 bits per heavy atom. The number of carbonyl (C=O) groups excluding carboxylic acids is 2. The number of anilines is 1. The number of aromatic nitrogens is 4. The number of fused-ring (bicyclic) bond motifs is 3. The quantitative estimate of drug-likeness (QED) is 0.421. The summed E-state index contributed by atoms with van der Waals surface area (Å²) >= 11 is 0. The van der Waals surface area contributed by atoms with E-state index in [-0.39, 0.29) is 13.2 Å². The molecular formula is C14H13N7O3. The summed E-state index contributed by atoms with van der Waals surface area (Å²) in [5, 5.41) is 5.05. The molecule has 0 radical (unpaired) electrons. The Bertz CT molecular complexity index is 915. The number of carbonyl (C=O) groups is 2. The second-order valence-electron chi connectivity index (χ2n) is 4.74. The van der Waals surface area contributed by atoms with Crippen molar-refractivity contribution in [2.75, 3.05) is 18.5 Å². The lowest BCUT2D eigenvalue weighted by molar-refractivity contribution is -0.127. The minimum atomic E-state index is -0.498. The molecule has 0 aliphatic rings. The van der Waals surface area contributed by atoms with Crippen molar-refractivity contribution in [3.63, 3.8) is 0 Å². The van der Waals surface area contributed by atoms with Crippen LogP contribution >= 0.6 is 0 Å². The summed E-state index contributed by atoms with van der Waals surface area (Å²) in [6.07, 6.45) is 6.16. The van der Waals surface area contributed by atoms with Gasteiger partial charge in [0, 0.05) is 24.8 Å². The van der Waals surface area contributed by atoms with Crippen molar-refractivity contribution < 1.29 is 14.4 Å². The number of nitrogens with two attached hydrogens (primary N) is 1. The molecule has 122 valence electrons. The van der Waals surface area contributed by atoms with Crippen molar-refractivity contribution in [3.8, 4) is 0 Å². The Kier molecular flexibility index (Phi) is 4.50. The van der Waals surface area contributed by atoms with Crippen molar-refractivity contribution >= 4 is 39.6 Å². The minimum absolute atomic E-state index is 0.234. The first-order valence-corrected chi connectivity index (χ1v) is 6.91. The van der Waals surface area contributed by atoms with Gasteiger partial charge in [0.15, 0.2) is 0 Å². The highest BCUT2D eigenvalue weighted by Crippen LogP contribution is 2.26. The van der Waals surface area contributed by atoms with E-state index in [4.69, 9.17) is 5.90 Å². The number of nitrogens with one attached hydrogen (secondary N) is 2. The van der Waals surface area contributed by atoms with Gasteiger partial charge >= 0.3 is 0 Å². The van der Waals surface area contributed by atoms with Crippen LogP contribution in [-0.4, -0.2) is 44.9 Å². The van der Waals surface area contributed by atoms with E-state index in [1.807, 2.05) is 0 Å². The predicted octanol–water partition coefficient (Wildman–Crippen LogP) is -0.482. The highest BCUT2D eigenvalue weighted by molar-refractivity contribution is 6.09. The highest BCUT2D eigenvalue weighted by atomic mass is 16.6. The van der Waals surface area contributed by atoms with Crippen LogP contribution in [0, 0.1) is 0 Å². The van der Waals surface area contributed by atoms with E-state index in [9.17, 15) is 9.59 Å². The molecule has 0 aliphatic carbocycles. The summed E-state index contributed by atoms with van der Waals surface area (Å²) in [6, 6.07) is 1.65. The topological polar surface area (TPSA) is 145 Å². The van der Waals surface area contributed by atoms with Crippen LogP contribution in [0.4, 0.5) is 5.69 Å². The lowest BCUT2D eigenvalue weighted by Crippen LogP contribution is -2.35. The van der Waals surface area contributed by atoms with E-state index in [2.05, 4.69) is 35.4 Å². The van der Waals surface area contributed by atoms with E-state index >= 15 is 0 Å². The average Bonchev–Trinajstić information content (AvgIpc) is 2.60. The molecule has 2 heterocycles. The van der Waals surface area contributed by atoms with Crippen LogP contribution in [-0.2, 0) is 14.4 Å². The number of amides is 2. The molecule has 0 atom stereocenters. The Morgan fingerprint density at radius 2 is 1.62 bits per heavy atom. The van der Waals surface area contributed by atoms with Crippen LogP contribution in [0.2, 0.25) is 0 Å². The predicted molar refractivity (Wildman–Crippen MR) is 84.4 cm³/mol. The smallest absolute Gasteiger partial charge is 0.248 e. The number of rotatable bonds is 5. The maximum absolute atomic E-state index is 12.0. The van der Waals surface area contributed by atoms with E-state index in [1.165, 1.54) is 12.4 Å². The van der Waals surface area contributed by atoms with E-state index < -0.39 is 11.8 Å². The second-order valence-corrected chi connectivity index (χ2v) is 4.74. The maximum atomic E-state index is 12.0. The van der Waals surface area contributed by atoms with E-state index in [0.29, 0.717) is 27.8 Å². The van der Waals surface area contributed by atoms with Gasteiger partial charge in [-0.1, -0.05) is 0 Å². The maximum Gasteiger partial charge on any atom is 0.248 e. The molecule has 0 spiro atoms. The third-order valence-corrected chi connectivity index (χ3v) is 3.12. The SMILES string of the molecule is NOCC(=O)NCC(=O)Nc1cc2nccnc2c2nccnc12. The van der Waals surface area contributed by atoms with Crippen LogP contribution in [0.5, 0.6) is 0 Å². The van der Waals surface area contributed by atoms with Gasteiger partial charge in [-0.2, -0.15) is 0 Å². The van der Waals surface area contributed by atoms with Crippen LogP contribution in [0.25, 0.3) is 22.1 Å². The molecule has 0 fully saturated rings. The standard InChI is InChI=1S/C14H13N7O3/c15-24-7-11(23)20-6-10(22)21-9-5-8-12(17-2-1-16-8)14-13(9)18-3-4-19-14/h1-5H,6-7,15H2,(H,20,23)(H,21,22). The van der Waals surface area contributed by atoms with Gasteiger partial charge in [-0.15, -0.1) is 0 Å². The molecule has 4 N–H and O–H groups in total. The summed E-state index contributed by atoms with van der Waals surface area (Å²) in [7, 11) is 0. The fraction of sp³-hybridized carbons (Fsp3) is 0.143. The molecule has 0 saturated heterocycles. The molecule has 0 unspecified atom stereocenters. The van der Waals surface area contributed by atoms with Crippen LogP contribution in [0.1, 0.15) is 0 Å². The van der Waals surface area contributed by atoms with Gasteiger partial charge in [0.2, 0.25) is 11.8 Å². The van der Waals surface area contributed by atoms with Gasteiger partial charge in [0.25, 0.3) is 0 Å². The summed E-state index contributed by atoms with van der Waals surface area (Å²) in [5.41, 5.74) is 2.60. The van der Waals surface area contributed by atoms with Crippen molar-refractivity contribution in [2.24, 2.45) is 5.90 Å². The first-order chi connectivity index (χ1) is 11.7. The monoisotopic (exact) mass is 327 g/mol. The second kappa shape index (κ2) is 6.89. The molecule has 10 heteroatoms. The van der Waals surface area contributed by atoms with Crippen molar-refractivity contribution in [1.82, 2.24) is 25.3 Å². The van der Waals surface area contributed by atoms with Gasteiger partial charge in [0.05, 0.1) is 17.7 Å². The van der Waals surface area contributed by atoms with Gasteiger partial charge < -0.3 is 10.6 Å². The van der Waals surface area contributed by atoms with Crippen LogP contribution in [0.15, 0.2) is 30.9 Å². The molecule has 0 aliphatic heterocycles. The molecule has 10 nitrogen and oxygen atoms in total. The number of benzene rings is 1. The Balaban J connectivity index is 1.88. The lowest BCUT2D eigenvalue weighted by atomic mass is 10.2. The lowest BCUT2D eigenvalue weighted by Gasteiger charge is -2.10. The Morgan fingerprint density at radius 3 is 2.38 bits per heavy atom. The van der Waals surface area contributed by atoms with Gasteiger partial charge in [0.1, 0.15) is 23.2 Å². The van der Waals surface area contributed by atoms with Crippen molar-refractivity contribution in [3.05, 3.63) is 30.9 Å². The van der Waals surface area contributed by atoms with E-state index in [1.54, 1.807) is 18.5 Å². The molecule has 2 amide bonds. The van der Waals surface area contributed by atoms with Crippen molar-refractivity contribution in [1.29, 1.82) is 0 Å². The number of hydrogen-bond donors (Lipinski definition) is 3. The summed E-state index contributed by atoms with van der Waals surface area (Å²) in [4.78, 5) is 44.4. The molecule has 3 aromatic rings. The highest BCUT2D eigenvalue weighted by Gasteiger charge is 2.13. The third kappa shape index (κ3) is 3.24. The molecular weight excluding hydrogens is 314 g/mol. The van der Waals surface area contributed by atoms with Crippen LogP contribution < -0.4 is 16.5 Å². The zero-order valence-electron chi connectivity index (χ0n) is 12.4. The normalized spacial score (nSPS) is 10.7. The minimum Gasteiger partial charge on any atom is -0.345 e. The fourth-order valence-corrected chi connectivity index (χ4v) is 2.15. The molecule has 0 bridgehead atoms. The number of hydrogen-bond acceptors (Lipinski definition) is 8. The fourth-order valence-electron chi connectivity index (χ4n) is 2.15. The third-order valence-electron chi connectivity index (χ3n) is 3.12. The first kappa shape index (κ1) is 15.6. The molecule has 1 aromatic carbocycles. The van der Waals surface area contributed by atoms with Crippen LogP contribution in [0.3, 0.4) is 0 Å². The van der Waals surface area contributed by atoms with Gasteiger partial charge in [-0.05, 0) is 6.07 Å². The molecule has 24 heavy (non-hydrogen) atoms. The zero-order chi connectivity index (χ0) is 16.9. The summed E-state index contributed by atoms with van der Waals surface area (Å²) < 4.78 is 0. The Hall–Kier alpha value is -3.24. The molecule has 2 aromatic heterocycles.